The average Bonchev–Trinajstić information content (AvgIpc) is 2.95. The van der Waals surface area contributed by atoms with E-state index in [2.05, 4.69) is 10.3 Å². The van der Waals surface area contributed by atoms with E-state index in [0.717, 1.165) is 36.9 Å². The maximum absolute atomic E-state index is 13.4. The average molecular weight is 341 g/mol. The molecule has 1 amide bonds. The van der Waals surface area contributed by atoms with Crippen LogP contribution < -0.4 is 10.2 Å². The van der Waals surface area contributed by atoms with E-state index < -0.39 is 17.6 Å². The maximum Gasteiger partial charge on any atom is 0.417 e. The van der Waals surface area contributed by atoms with Crippen molar-refractivity contribution in [3.05, 3.63) is 22.6 Å². The van der Waals surface area contributed by atoms with Gasteiger partial charge in [-0.15, -0.1) is 11.3 Å². The molecule has 122 valence electrons. The Balaban J connectivity index is 1.88. The van der Waals surface area contributed by atoms with E-state index in [9.17, 15) is 18.0 Å². The van der Waals surface area contributed by atoms with Crippen LogP contribution in [-0.4, -0.2) is 31.0 Å². The van der Waals surface area contributed by atoms with Crippen LogP contribution in [0.3, 0.4) is 0 Å². The molecule has 1 aliphatic carbocycles. The fourth-order valence-corrected chi connectivity index (χ4v) is 4.27. The van der Waals surface area contributed by atoms with Gasteiger partial charge in [0.05, 0.1) is 21.3 Å². The summed E-state index contributed by atoms with van der Waals surface area (Å²) in [4.78, 5) is 18.2. The molecule has 1 saturated carbocycles. The molecule has 2 aromatic heterocycles. The van der Waals surface area contributed by atoms with E-state index in [1.54, 1.807) is 0 Å². The van der Waals surface area contributed by atoms with E-state index >= 15 is 0 Å². The highest BCUT2D eigenvalue weighted by molar-refractivity contribution is 7.17. The number of amides is 1. The van der Waals surface area contributed by atoms with Gasteiger partial charge < -0.3 is 10.2 Å². The molecule has 8 heteroatoms. The quantitative estimate of drug-likeness (QED) is 0.913. The molecule has 4 rings (SSSR count). The van der Waals surface area contributed by atoms with Crippen molar-refractivity contribution >= 4 is 33.3 Å². The number of hydrogen-bond acceptors (Lipinski definition) is 4. The number of anilines is 1. The molecule has 2 aliphatic rings. The number of rotatable bonds is 2. The molecule has 0 radical (unpaired) electrons. The van der Waals surface area contributed by atoms with E-state index in [1.165, 1.54) is 12.4 Å². The third kappa shape index (κ3) is 2.36. The highest BCUT2D eigenvalue weighted by Gasteiger charge is 2.46. The number of halogens is 3. The van der Waals surface area contributed by atoms with Gasteiger partial charge in [0.1, 0.15) is 5.82 Å². The number of carbonyl (C=O) groups excluding carboxylic acids is 1. The predicted molar refractivity (Wildman–Crippen MR) is 81.8 cm³/mol. The Morgan fingerprint density at radius 2 is 2.09 bits per heavy atom. The summed E-state index contributed by atoms with van der Waals surface area (Å²) in [7, 11) is 1.45. The van der Waals surface area contributed by atoms with Crippen molar-refractivity contribution in [1.82, 2.24) is 10.3 Å². The Kier molecular flexibility index (Phi) is 3.10. The number of aromatic nitrogens is 1. The van der Waals surface area contributed by atoms with Crippen molar-refractivity contribution in [2.75, 3.05) is 25.0 Å². The Morgan fingerprint density at radius 1 is 1.39 bits per heavy atom. The second kappa shape index (κ2) is 4.83. The van der Waals surface area contributed by atoms with Gasteiger partial charge in [0.15, 0.2) is 0 Å². The Bertz CT molecular complexity index is 791. The number of piperidine rings is 1. The molecule has 23 heavy (non-hydrogen) atoms. The van der Waals surface area contributed by atoms with Gasteiger partial charge >= 0.3 is 6.18 Å². The zero-order chi connectivity index (χ0) is 16.4. The van der Waals surface area contributed by atoms with Crippen molar-refractivity contribution in [3.8, 4) is 0 Å². The summed E-state index contributed by atoms with van der Waals surface area (Å²) >= 11 is 0.910. The number of fused-ring (bicyclic) bond motifs is 2. The lowest BCUT2D eigenvalue weighted by Crippen LogP contribution is -2.24. The molecular weight excluding hydrogens is 327 g/mol. The smallest absolute Gasteiger partial charge is 0.356 e. The second-order valence-electron chi connectivity index (χ2n) is 6.09. The van der Waals surface area contributed by atoms with Gasteiger partial charge in [-0.25, -0.2) is 4.98 Å². The number of nitrogens with one attached hydrogen (secondary N) is 1. The molecule has 2 fully saturated rings. The van der Waals surface area contributed by atoms with E-state index in [-0.39, 0.29) is 15.8 Å². The summed E-state index contributed by atoms with van der Waals surface area (Å²) in [6, 6.07) is 1.12. The van der Waals surface area contributed by atoms with Gasteiger partial charge in [0.2, 0.25) is 0 Å². The van der Waals surface area contributed by atoms with Crippen LogP contribution in [0.1, 0.15) is 22.3 Å². The van der Waals surface area contributed by atoms with Crippen LogP contribution in [0, 0.1) is 11.8 Å². The molecule has 1 saturated heterocycles. The van der Waals surface area contributed by atoms with Gasteiger partial charge in [-0.2, -0.15) is 13.2 Å². The van der Waals surface area contributed by atoms with Crippen LogP contribution in [0.4, 0.5) is 19.0 Å². The normalized spacial score (nSPS) is 23.2. The van der Waals surface area contributed by atoms with Crippen LogP contribution in [0.25, 0.3) is 10.2 Å². The number of thiophene rings is 1. The second-order valence-corrected chi connectivity index (χ2v) is 6.97. The first-order chi connectivity index (χ1) is 10.9. The van der Waals surface area contributed by atoms with Gasteiger partial charge in [-0.05, 0) is 24.3 Å². The van der Waals surface area contributed by atoms with E-state index in [0.29, 0.717) is 17.7 Å². The summed E-state index contributed by atoms with van der Waals surface area (Å²) in [5, 5.41) is 3.90. The molecule has 2 atom stereocenters. The molecule has 3 heterocycles. The van der Waals surface area contributed by atoms with E-state index in [4.69, 9.17) is 0 Å². The molecule has 1 N–H and O–H groups in total. The largest absolute Gasteiger partial charge is 0.417 e. The topological polar surface area (TPSA) is 45.2 Å². The summed E-state index contributed by atoms with van der Waals surface area (Å²) < 4.78 is 40.3. The van der Waals surface area contributed by atoms with Crippen LogP contribution in [0.15, 0.2) is 11.4 Å². The highest BCUT2D eigenvalue weighted by atomic mass is 32.1. The third-order valence-electron chi connectivity index (χ3n) is 4.59. The van der Waals surface area contributed by atoms with Crippen LogP contribution in [0.5, 0.6) is 0 Å². The molecule has 4 nitrogen and oxygen atoms in total. The predicted octanol–water partition coefficient (Wildman–Crippen LogP) is 3.13. The number of pyridine rings is 1. The first-order valence-electron chi connectivity index (χ1n) is 7.35. The fourth-order valence-electron chi connectivity index (χ4n) is 3.25. The highest BCUT2D eigenvalue weighted by Crippen LogP contribution is 2.47. The summed E-state index contributed by atoms with van der Waals surface area (Å²) in [5.74, 6) is 1.07. The molecule has 0 spiro atoms. The van der Waals surface area contributed by atoms with E-state index in [1.807, 2.05) is 4.90 Å². The Hall–Kier alpha value is -1.83. The van der Waals surface area contributed by atoms with Gasteiger partial charge in [0.25, 0.3) is 5.91 Å². The standard InChI is InChI=1S/C15H14F3N3OS/c1-19-14(22)9-6-23-13-10(15(16,17)18)3-11(20-12(9)13)21-4-7-2-8(7)5-21/h3,6-8H,2,4-5H2,1H3,(H,19,22)/t7-,8?/m1/s1. The minimum atomic E-state index is -4.47. The molecule has 0 aromatic carbocycles. The summed E-state index contributed by atoms with van der Waals surface area (Å²) in [6.45, 7) is 1.50. The summed E-state index contributed by atoms with van der Waals surface area (Å²) in [6.07, 6.45) is -3.31. The lowest BCUT2D eigenvalue weighted by atomic mass is 10.1. The Morgan fingerprint density at radius 3 is 2.70 bits per heavy atom. The Labute approximate surface area is 134 Å². The van der Waals surface area contributed by atoms with Crippen LogP contribution in [0.2, 0.25) is 0 Å². The van der Waals surface area contributed by atoms with Gasteiger partial charge in [0, 0.05) is 25.5 Å². The molecule has 1 aliphatic heterocycles. The number of hydrogen-bond donors (Lipinski definition) is 1. The van der Waals surface area contributed by atoms with Crippen molar-refractivity contribution in [2.45, 2.75) is 12.6 Å². The first-order valence-corrected chi connectivity index (χ1v) is 8.23. The van der Waals surface area contributed by atoms with Crippen molar-refractivity contribution in [2.24, 2.45) is 11.8 Å². The number of nitrogens with zero attached hydrogens (tertiary/aromatic N) is 2. The summed E-state index contributed by atoms with van der Waals surface area (Å²) in [5.41, 5.74) is -0.373. The SMILES string of the molecule is CNC(=O)c1csc2c(C(F)(F)F)cc(N3CC4C[C@@H]4C3)nc12. The lowest BCUT2D eigenvalue weighted by Gasteiger charge is -2.21. The minimum absolute atomic E-state index is 0.0178. The minimum Gasteiger partial charge on any atom is -0.356 e. The number of carbonyl (C=O) groups is 1. The number of alkyl halides is 3. The van der Waals surface area contributed by atoms with Crippen molar-refractivity contribution in [1.29, 1.82) is 0 Å². The molecule has 0 bridgehead atoms. The monoisotopic (exact) mass is 341 g/mol. The van der Waals surface area contributed by atoms with Crippen molar-refractivity contribution in [3.63, 3.8) is 0 Å². The fraction of sp³-hybridized carbons (Fsp3) is 0.467. The van der Waals surface area contributed by atoms with Gasteiger partial charge in [-0.1, -0.05) is 0 Å². The molecule has 1 unspecified atom stereocenters. The van der Waals surface area contributed by atoms with Crippen LogP contribution >= 0.6 is 11.3 Å². The van der Waals surface area contributed by atoms with Crippen molar-refractivity contribution < 1.29 is 18.0 Å². The lowest BCUT2D eigenvalue weighted by molar-refractivity contribution is -0.136. The van der Waals surface area contributed by atoms with Gasteiger partial charge in [-0.3, -0.25) is 4.79 Å². The van der Waals surface area contributed by atoms with Crippen LogP contribution in [-0.2, 0) is 6.18 Å². The maximum atomic E-state index is 13.4. The first kappa shape index (κ1) is 14.7. The molecular formula is C15H14F3N3OS. The molecule has 2 aromatic rings. The zero-order valence-corrected chi connectivity index (χ0v) is 13.1. The zero-order valence-electron chi connectivity index (χ0n) is 12.3. The third-order valence-corrected chi connectivity index (χ3v) is 5.59.